The number of hydrogen-bond donors (Lipinski definition) is 11. The normalized spacial score (nSPS) is 27.3. The minimum atomic E-state index is -0.969. The van der Waals surface area contributed by atoms with Crippen LogP contribution in [-0.4, -0.2) is 290 Å². The van der Waals surface area contributed by atoms with Crippen molar-refractivity contribution >= 4 is 153 Å². The quantitative estimate of drug-likeness (QED) is 0.0206. The molecule has 149 heavy (non-hydrogen) atoms. The minimum Gasteiger partial charge on any atom is -0.496 e. The van der Waals surface area contributed by atoms with Gasteiger partial charge in [0.25, 0.3) is 5.91 Å². The van der Waals surface area contributed by atoms with Gasteiger partial charge in [-0.3, -0.25) is 62.5 Å². The van der Waals surface area contributed by atoms with Crippen LogP contribution in [-0.2, 0) is 100 Å². The molecule has 6 saturated heterocycles. The second kappa shape index (κ2) is 49.6. The molecule has 22 atom stereocenters. The number of halogens is 2. The Morgan fingerprint density at radius 1 is 0.443 bits per heavy atom. The number of methoxy groups -OCH3 is 7. The first-order valence-electron chi connectivity index (χ1n) is 51.0. The predicted octanol–water partition coefficient (Wildman–Crippen LogP) is 9.65. The van der Waals surface area contributed by atoms with Crippen LogP contribution in [0.3, 0.4) is 0 Å². The molecule has 13 fully saturated rings. The van der Waals surface area contributed by atoms with Crippen LogP contribution in [0.4, 0.5) is 9.59 Å². The Kier molecular flexibility index (Phi) is 40.2. The number of aromatic amines is 2. The lowest BCUT2D eigenvalue weighted by Crippen LogP contribution is -2.54. The number of nitrogens with zero attached hydrogens (tertiary/aromatic N) is 3. The number of carboxylic acid groups (broad SMARTS) is 2. The fraction of sp³-hybridized carbons (Fsp3) is 0.679. The third-order valence-electron chi connectivity index (χ3n) is 32.3. The number of ketones is 3. The number of esters is 5. The molecule has 41 nitrogen and oxygen atoms in total. The third kappa shape index (κ3) is 28.2. The van der Waals surface area contributed by atoms with Gasteiger partial charge in [-0.15, -0.1) is 24.8 Å². The first kappa shape index (κ1) is 121. The van der Waals surface area contributed by atoms with E-state index in [1.165, 1.54) is 45.3 Å². The third-order valence-corrected chi connectivity index (χ3v) is 32.3. The van der Waals surface area contributed by atoms with Crippen LogP contribution in [0.1, 0.15) is 228 Å². The summed E-state index contributed by atoms with van der Waals surface area (Å²) in [6, 6.07) is 8.63. The van der Waals surface area contributed by atoms with E-state index in [1.807, 2.05) is 30.3 Å². The van der Waals surface area contributed by atoms with Crippen molar-refractivity contribution in [3.8, 4) is 11.5 Å². The van der Waals surface area contributed by atoms with Crippen LogP contribution < -0.4 is 47.1 Å². The van der Waals surface area contributed by atoms with Gasteiger partial charge in [-0.05, 0) is 231 Å². The highest BCUT2D eigenvalue weighted by Gasteiger charge is 2.73. The number of fused-ring (bicyclic) bond motifs is 6. The molecule has 13 aliphatic rings. The van der Waals surface area contributed by atoms with E-state index < -0.39 is 101 Å². The van der Waals surface area contributed by atoms with Crippen molar-refractivity contribution in [3.05, 3.63) is 59.9 Å². The molecule has 8 heterocycles. The molecular weight excluding hydrogens is 1980 g/mol. The van der Waals surface area contributed by atoms with Gasteiger partial charge in [0.1, 0.15) is 93.7 Å². The van der Waals surface area contributed by atoms with Crippen LogP contribution in [0.5, 0.6) is 11.5 Å². The standard InChI is InChI=1S/C27H33N3O6.C22H34N2O6.C17H26N2O4.C13H21NO4.C10H9NO3.C9H15NO3.C8H14N2O3.2ClH/c1-27(2)16-13-30(25(33)18-12-15-17(28-18)8-6-10-21(15)35-3)23(22(16)27)24(32)29-19(26(34)36-4)11-14-7-5-9-20(14)31;1-21(2,3)30-20(28)24-11-13-16(22(13,4)5)17(24)18(26)23-14(19(27)29-6)10-12-8-7-9-15(12)25;1-17(2)10-8-18-14(13(10)17)15(21)19-11(16(22)23-3)7-9-5-4-6-12(9)20;1-12(2,3)18-11(17)14-6-7-8(13(7,4)5)9(14)10(15)16;1-14-9-4-2-3-7-6(9)5-8(11-7)10(12)13;1-6(9(12)13-2)5-7-3-4-10-8(7)11;1-13-8(12)6(9)4-5-2-3-10-7(5)11;;/h6,8,10,12,14,16,19,22-23,28H,5,7,9,11,13H2,1-4H3,(H,29,32);12-14,16-17H,7-11H2,1-6H3,(H,23,26);9-11,13-14,18H,4-8H2,1-3H3,(H,19,21);7-9H,6H2,1-5H3,(H,15,16);2-5,11H,1H3,(H,12,13);6-7H,3-5H2,1-2H3,(H,10,11);5-6H,2-4,9H2,1H3,(H,10,11);2*1H/t14-,16-,19-,22-,23-;12-,13-,14-,16-,17-;9-,10-,11-,13-,14-;7-,8-,9-;;6-,7-;5-,6-;;/m0000.00../s1. The van der Waals surface area contributed by atoms with Crippen LogP contribution in [0.2, 0.25) is 0 Å². The summed E-state index contributed by atoms with van der Waals surface area (Å²) in [5.41, 5.74) is 6.43. The van der Waals surface area contributed by atoms with Crippen LogP contribution in [0.25, 0.3) is 21.8 Å². The number of H-pyrrole nitrogens is 2. The van der Waals surface area contributed by atoms with Crippen molar-refractivity contribution in [2.45, 2.75) is 266 Å². The van der Waals surface area contributed by atoms with Crippen LogP contribution in [0, 0.1) is 105 Å². The Labute approximate surface area is 881 Å². The number of nitrogens with two attached hydrogens (primary N) is 1. The molecule has 4 aromatic rings. The van der Waals surface area contributed by atoms with Gasteiger partial charge in [-0.1, -0.05) is 74.4 Å². The number of aromatic carboxylic acids is 1. The Morgan fingerprint density at radius 2 is 0.799 bits per heavy atom. The topological polar surface area (TPSA) is 570 Å². The highest BCUT2D eigenvalue weighted by atomic mass is 35.5. The smallest absolute Gasteiger partial charge is 0.411 e. The second-order valence-electron chi connectivity index (χ2n) is 45.3. The fourth-order valence-corrected chi connectivity index (χ4v) is 23.6. The summed E-state index contributed by atoms with van der Waals surface area (Å²) in [4.78, 5) is 228. The predicted molar refractivity (Wildman–Crippen MR) is 547 cm³/mol. The van der Waals surface area contributed by atoms with Gasteiger partial charge in [0.2, 0.25) is 29.5 Å². The van der Waals surface area contributed by atoms with Gasteiger partial charge >= 0.3 is 54.0 Å². The highest BCUT2D eigenvalue weighted by molar-refractivity contribution is 6.03. The molecule has 8 amide bonds. The van der Waals surface area contributed by atoms with E-state index in [0.717, 1.165) is 73.4 Å². The van der Waals surface area contributed by atoms with Crippen LogP contribution in [0.15, 0.2) is 48.5 Å². The summed E-state index contributed by atoms with van der Waals surface area (Å²) in [5, 5.41) is 36.8. The molecule has 2 aromatic heterocycles. The molecule has 0 radical (unpaired) electrons. The number of carbonyl (C=O) groups excluding carboxylic acids is 16. The average molecular weight is 2130 g/mol. The van der Waals surface area contributed by atoms with Gasteiger partial charge in [0, 0.05) is 109 Å². The maximum atomic E-state index is 13.6. The number of piperidine rings is 4. The highest BCUT2D eigenvalue weighted by Crippen LogP contribution is 2.68. The van der Waals surface area contributed by atoms with E-state index in [4.69, 9.17) is 44.0 Å². The van der Waals surface area contributed by atoms with Crippen molar-refractivity contribution < 1.29 is 139 Å². The number of rotatable bonds is 26. The molecule has 7 aliphatic carbocycles. The van der Waals surface area contributed by atoms with E-state index in [2.05, 4.69) is 107 Å². The zero-order chi connectivity index (χ0) is 109. The Hall–Kier alpha value is -11.7. The van der Waals surface area contributed by atoms with Gasteiger partial charge < -0.3 is 105 Å². The summed E-state index contributed by atoms with van der Waals surface area (Å²) in [6.07, 6.45) is 8.60. The molecule has 7 saturated carbocycles. The lowest BCUT2D eigenvalue weighted by Gasteiger charge is -2.32. The summed E-state index contributed by atoms with van der Waals surface area (Å²) in [7, 11) is 9.64. The van der Waals surface area contributed by atoms with E-state index >= 15 is 0 Å². The summed E-state index contributed by atoms with van der Waals surface area (Å²) in [6.45, 7) is 33.0. The Bertz CT molecular complexity index is 5560. The first-order valence-corrected chi connectivity index (χ1v) is 51.0. The van der Waals surface area contributed by atoms with E-state index in [0.29, 0.717) is 107 Å². The Morgan fingerprint density at radius 3 is 1.14 bits per heavy atom. The molecule has 6 aliphatic heterocycles. The fourth-order valence-electron chi connectivity index (χ4n) is 23.6. The number of aromatic nitrogens is 2. The Balaban J connectivity index is 0.000000199. The van der Waals surface area contributed by atoms with E-state index in [1.54, 1.807) is 85.8 Å². The lowest BCUT2D eigenvalue weighted by molar-refractivity contribution is -0.147. The number of benzene rings is 2. The molecule has 0 bridgehead atoms. The summed E-state index contributed by atoms with van der Waals surface area (Å²) >= 11 is 0. The first-order chi connectivity index (χ1) is 69.0. The maximum absolute atomic E-state index is 13.6. The van der Waals surface area contributed by atoms with Crippen LogP contribution >= 0.6 is 24.8 Å². The van der Waals surface area contributed by atoms with Gasteiger partial charge in [-0.2, -0.15) is 0 Å². The number of amides is 8. The van der Waals surface area contributed by atoms with Crippen molar-refractivity contribution in [3.63, 3.8) is 0 Å². The molecule has 0 unspecified atom stereocenters. The number of Topliss-reactive ketones (excluding diaryl/α,β-unsaturated/α-hetero) is 3. The molecule has 17 rings (SSSR count). The molecule has 12 N–H and O–H groups in total. The zero-order valence-electron chi connectivity index (χ0n) is 89.5. The SMILES string of the molecule is CC(C)(C)OC(=O)N1C[C@H]2[C@@H]([C@H]1C(=O)O)C2(C)C.COC(=O)[C@@H](C)C[C@@H]1CCNC1=O.COC(=O)[C@@H](N)C[C@@H]1CCNC1=O.COC(=O)[C@H](C[C@@H]1CCCC1=O)NC(=O)[C@@H]1[C@@H]2[C@H](CN1C(=O)OC(C)(C)C)C2(C)C.COC(=O)[C@H](C[C@@H]1CCCC1=O)NC(=O)[C@@H]1[C@@H]2[C@H](CN1C(=O)c1cc3c(OC)cccc3[nH]1)C2(C)C.COC(=O)[C@H](C[C@@H]1CCCC1=O)NC(=O)[C@H]1NC[C@H]2[C@@H]1C2(C)C.COc1cccc2[nH]c(C(=O)O)cc12.Cl.Cl. The largest absolute Gasteiger partial charge is 0.496 e. The molecule has 826 valence electrons. The molecule has 0 spiro atoms. The van der Waals surface area contributed by atoms with Crippen molar-refractivity contribution in [1.82, 2.24) is 56.6 Å². The summed E-state index contributed by atoms with van der Waals surface area (Å²) in [5.74, 6) is -2.93. The molecular formula is C106H154Cl2N12O29. The van der Waals surface area contributed by atoms with Gasteiger partial charge in [0.15, 0.2) is 0 Å². The maximum Gasteiger partial charge on any atom is 0.411 e. The van der Waals surface area contributed by atoms with Gasteiger partial charge in [0.05, 0.1) is 61.7 Å². The van der Waals surface area contributed by atoms with Crippen molar-refractivity contribution in [1.29, 1.82) is 0 Å². The monoisotopic (exact) mass is 2130 g/mol. The van der Waals surface area contributed by atoms with E-state index in [9.17, 15) is 91.4 Å². The molecule has 43 heteroatoms. The number of nitrogens with one attached hydrogen (secondary N) is 8. The van der Waals surface area contributed by atoms with E-state index in [-0.39, 0.29) is 201 Å². The number of aliphatic carboxylic acids is 1. The van der Waals surface area contributed by atoms with Crippen molar-refractivity contribution in [2.75, 3.05) is 89.0 Å². The van der Waals surface area contributed by atoms with Crippen molar-refractivity contribution in [2.24, 2.45) is 110 Å². The number of carbonyl (C=O) groups is 18. The number of likely N-dealkylation sites (tertiary alicyclic amines) is 3. The average Bonchev–Trinajstić information content (AvgIpc) is 1.53. The van der Waals surface area contributed by atoms with Gasteiger partial charge in [-0.25, -0.2) is 33.6 Å². The second-order valence-corrected chi connectivity index (χ2v) is 45.3. The number of ether oxygens (including phenoxy) is 9. The summed E-state index contributed by atoms with van der Waals surface area (Å²) < 4.78 is 45.0. The zero-order valence-corrected chi connectivity index (χ0v) is 91.2. The number of hydrogen-bond acceptors (Lipinski definition) is 29. The number of carboxylic acids is 2. The molecule has 2 aromatic carbocycles. The lowest BCUT2D eigenvalue weighted by atomic mass is 9.95. The minimum absolute atomic E-state index is 0.